The maximum absolute atomic E-state index is 14.0. The number of benzene rings is 1. The molecule has 1 aromatic carbocycles. The van der Waals surface area contributed by atoms with Gasteiger partial charge in [0.25, 0.3) is 5.91 Å². The molecule has 2 rings (SSSR count). The van der Waals surface area contributed by atoms with E-state index in [1.165, 1.54) is 0 Å². The molecule has 0 unspecified atom stereocenters. The van der Waals surface area contributed by atoms with Crippen molar-refractivity contribution in [3.05, 3.63) is 23.8 Å². The third-order valence-corrected chi connectivity index (χ3v) is 6.89. The Bertz CT molecular complexity index is 879. The molecule has 1 heterocycles. The number of ether oxygens (including phenoxy) is 2. The highest BCUT2D eigenvalue weighted by Crippen LogP contribution is 2.28. The average Bonchev–Trinajstić information content (AvgIpc) is 2.85. The third-order valence-electron chi connectivity index (χ3n) is 6.89. The van der Waals surface area contributed by atoms with Gasteiger partial charge in [0.2, 0.25) is 5.91 Å². The van der Waals surface area contributed by atoms with Crippen molar-refractivity contribution in [2.75, 3.05) is 66.4 Å². The summed E-state index contributed by atoms with van der Waals surface area (Å²) >= 11 is 0. The first-order chi connectivity index (χ1) is 18.0. The van der Waals surface area contributed by atoms with Crippen molar-refractivity contribution < 1.29 is 24.2 Å². The van der Waals surface area contributed by atoms with Crippen LogP contribution in [0.1, 0.15) is 63.2 Å². The topological polar surface area (TPSA) is 94.6 Å². The Hall–Kier alpha value is -2.20. The molecule has 216 valence electrons. The summed E-state index contributed by atoms with van der Waals surface area (Å²) in [6.45, 7) is 8.44. The minimum Gasteiger partial charge on any atom is -0.490 e. The Balaban J connectivity index is 2.40. The second kappa shape index (κ2) is 16.0. The van der Waals surface area contributed by atoms with Crippen LogP contribution in [0.5, 0.6) is 5.75 Å². The lowest BCUT2D eigenvalue weighted by Crippen LogP contribution is -2.47. The van der Waals surface area contributed by atoms with Crippen molar-refractivity contribution in [1.82, 2.24) is 14.7 Å². The Morgan fingerprint density at radius 1 is 1.18 bits per heavy atom. The van der Waals surface area contributed by atoms with Gasteiger partial charge in [0.05, 0.1) is 30.4 Å². The number of hydrogen-bond acceptors (Lipinski definition) is 7. The summed E-state index contributed by atoms with van der Waals surface area (Å²) in [6, 6.07) is 4.87. The molecular weight excluding hydrogens is 484 g/mol. The largest absolute Gasteiger partial charge is 0.490 e. The van der Waals surface area contributed by atoms with E-state index >= 15 is 0 Å². The van der Waals surface area contributed by atoms with Crippen LogP contribution in [0.15, 0.2) is 18.2 Å². The standard InChI is InChI=1S/C29H50N4O5/c1-21-18-33(22(2)20-34)29(36)25-17-24(30-28(35)12-10-15-31(4)5)13-14-26(25)38-23(3)11-8-9-16-37-27(21)19-32(6)7/h13-14,17,21-23,27,34H,8-12,15-16,18-20H2,1-7H3,(H,30,35)/t21-,22-,23-,27-/m0/s1. The van der Waals surface area contributed by atoms with Crippen LogP contribution in [0.3, 0.4) is 0 Å². The van der Waals surface area contributed by atoms with E-state index in [4.69, 9.17) is 9.47 Å². The minimum atomic E-state index is -0.396. The molecule has 1 aliphatic heterocycles. The van der Waals surface area contributed by atoms with Crippen molar-refractivity contribution in [1.29, 1.82) is 0 Å². The van der Waals surface area contributed by atoms with Crippen LogP contribution in [0.4, 0.5) is 5.69 Å². The molecule has 0 spiro atoms. The van der Waals surface area contributed by atoms with Crippen LogP contribution in [0, 0.1) is 5.92 Å². The fourth-order valence-electron chi connectivity index (χ4n) is 4.60. The van der Waals surface area contributed by atoms with E-state index in [1.54, 1.807) is 23.1 Å². The zero-order valence-electron chi connectivity index (χ0n) is 24.5. The summed E-state index contributed by atoms with van der Waals surface area (Å²) in [5.74, 6) is 0.215. The summed E-state index contributed by atoms with van der Waals surface area (Å²) < 4.78 is 12.5. The minimum absolute atomic E-state index is 0.0427. The molecule has 0 aromatic heterocycles. The molecule has 0 saturated carbocycles. The average molecular weight is 535 g/mol. The Morgan fingerprint density at radius 2 is 1.92 bits per heavy atom. The van der Waals surface area contributed by atoms with Gasteiger partial charge >= 0.3 is 0 Å². The van der Waals surface area contributed by atoms with Crippen molar-refractivity contribution in [3.8, 4) is 5.75 Å². The predicted octanol–water partition coefficient (Wildman–Crippen LogP) is 3.32. The fourth-order valence-corrected chi connectivity index (χ4v) is 4.60. The maximum Gasteiger partial charge on any atom is 0.258 e. The van der Waals surface area contributed by atoms with Gasteiger partial charge < -0.3 is 34.6 Å². The second-order valence-corrected chi connectivity index (χ2v) is 11.2. The number of nitrogens with zero attached hydrogens (tertiary/aromatic N) is 3. The van der Waals surface area contributed by atoms with Crippen LogP contribution in [-0.4, -0.2) is 111 Å². The zero-order valence-corrected chi connectivity index (χ0v) is 24.5. The number of nitrogens with one attached hydrogen (secondary N) is 1. The summed E-state index contributed by atoms with van der Waals surface area (Å²) in [7, 11) is 8.00. The van der Waals surface area contributed by atoms with Gasteiger partial charge in [-0.3, -0.25) is 9.59 Å². The highest BCUT2D eigenvalue weighted by Gasteiger charge is 2.30. The zero-order chi connectivity index (χ0) is 28.2. The van der Waals surface area contributed by atoms with E-state index in [2.05, 4.69) is 17.1 Å². The highest BCUT2D eigenvalue weighted by molar-refractivity contribution is 5.99. The normalized spacial score (nSPS) is 22.5. The lowest BCUT2D eigenvalue weighted by molar-refractivity contribution is -0.116. The summed E-state index contributed by atoms with van der Waals surface area (Å²) in [4.78, 5) is 32.4. The first-order valence-electron chi connectivity index (χ1n) is 13.9. The van der Waals surface area contributed by atoms with Gasteiger partial charge in [0.15, 0.2) is 0 Å². The number of hydrogen-bond donors (Lipinski definition) is 2. The number of fused-ring (bicyclic) bond motifs is 1. The van der Waals surface area contributed by atoms with Crippen LogP contribution in [0.2, 0.25) is 0 Å². The molecule has 4 atom stereocenters. The Labute approximate surface area is 229 Å². The molecule has 0 aliphatic carbocycles. The van der Waals surface area contributed by atoms with E-state index < -0.39 is 6.04 Å². The van der Waals surface area contributed by atoms with Crippen molar-refractivity contribution in [2.24, 2.45) is 5.92 Å². The van der Waals surface area contributed by atoms with Crippen LogP contribution >= 0.6 is 0 Å². The SMILES string of the molecule is C[C@H]1CCCCO[C@@H](CN(C)C)[C@@H](C)CN([C@@H](C)CO)C(=O)c2cc(NC(=O)CCCN(C)C)ccc2O1. The first-order valence-corrected chi connectivity index (χ1v) is 13.9. The molecule has 0 bridgehead atoms. The molecule has 38 heavy (non-hydrogen) atoms. The molecule has 2 N–H and O–H groups in total. The monoisotopic (exact) mass is 534 g/mol. The molecule has 1 aliphatic rings. The van der Waals surface area contributed by atoms with Gasteiger partial charge in [0.1, 0.15) is 5.75 Å². The van der Waals surface area contributed by atoms with E-state index in [0.717, 1.165) is 38.8 Å². The number of likely N-dealkylation sites (N-methyl/N-ethyl adjacent to an activating group) is 1. The molecule has 0 saturated heterocycles. The van der Waals surface area contributed by atoms with Gasteiger partial charge in [-0.1, -0.05) is 6.92 Å². The van der Waals surface area contributed by atoms with Gasteiger partial charge in [0, 0.05) is 37.7 Å². The Kier molecular flexibility index (Phi) is 13.5. The van der Waals surface area contributed by atoms with Gasteiger partial charge in [-0.2, -0.15) is 0 Å². The molecule has 2 amide bonds. The van der Waals surface area contributed by atoms with E-state index in [-0.39, 0.29) is 36.5 Å². The van der Waals surface area contributed by atoms with Crippen LogP contribution in [-0.2, 0) is 9.53 Å². The molecule has 9 heteroatoms. The molecule has 9 nitrogen and oxygen atoms in total. The van der Waals surface area contributed by atoms with E-state index in [0.29, 0.717) is 36.6 Å². The van der Waals surface area contributed by atoms with Gasteiger partial charge in [-0.05, 0) is 92.5 Å². The Morgan fingerprint density at radius 3 is 2.58 bits per heavy atom. The molecule has 0 radical (unpaired) electrons. The highest BCUT2D eigenvalue weighted by atomic mass is 16.5. The number of aliphatic hydroxyl groups is 1. The smallest absolute Gasteiger partial charge is 0.258 e. The molecular formula is C29H50N4O5. The maximum atomic E-state index is 14.0. The van der Waals surface area contributed by atoms with Gasteiger partial charge in [-0.15, -0.1) is 0 Å². The second-order valence-electron chi connectivity index (χ2n) is 11.2. The van der Waals surface area contributed by atoms with Crippen molar-refractivity contribution >= 4 is 17.5 Å². The summed E-state index contributed by atoms with van der Waals surface area (Å²) in [5.41, 5.74) is 0.945. The number of amides is 2. The molecule has 0 fully saturated rings. The fraction of sp³-hybridized carbons (Fsp3) is 0.724. The van der Waals surface area contributed by atoms with Gasteiger partial charge in [-0.25, -0.2) is 0 Å². The summed E-state index contributed by atoms with van der Waals surface area (Å²) in [5, 5.41) is 13.0. The predicted molar refractivity (Wildman–Crippen MR) is 152 cm³/mol. The quantitative estimate of drug-likeness (QED) is 0.502. The van der Waals surface area contributed by atoms with Crippen LogP contribution in [0.25, 0.3) is 0 Å². The lowest BCUT2D eigenvalue weighted by atomic mass is 10.0. The van der Waals surface area contributed by atoms with E-state index in [1.807, 2.05) is 46.9 Å². The number of carbonyl (C=O) groups excluding carboxylic acids is 2. The van der Waals surface area contributed by atoms with Crippen molar-refractivity contribution in [3.63, 3.8) is 0 Å². The number of rotatable bonds is 9. The van der Waals surface area contributed by atoms with Crippen molar-refractivity contribution in [2.45, 2.75) is 71.1 Å². The lowest BCUT2D eigenvalue weighted by Gasteiger charge is -2.35. The number of aliphatic hydroxyl groups excluding tert-OH is 1. The third kappa shape index (κ3) is 10.5. The molecule has 1 aromatic rings. The first kappa shape index (κ1) is 32.0. The summed E-state index contributed by atoms with van der Waals surface area (Å²) in [6.07, 6.45) is 3.75. The van der Waals surface area contributed by atoms with E-state index in [9.17, 15) is 14.7 Å². The van der Waals surface area contributed by atoms with Crippen LogP contribution < -0.4 is 10.1 Å². The number of carbonyl (C=O) groups is 2. The number of anilines is 1.